The number of phenols is 1. The van der Waals surface area contributed by atoms with Crippen LogP contribution in [-0.2, 0) is 0 Å². The van der Waals surface area contributed by atoms with Crippen LogP contribution in [-0.4, -0.2) is 17.2 Å². The van der Waals surface area contributed by atoms with Gasteiger partial charge >= 0.3 is 0 Å². The Labute approximate surface area is 111 Å². The highest BCUT2D eigenvalue weighted by molar-refractivity contribution is 5.92. The van der Waals surface area contributed by atoms with Crippen molar-refractivity contribution in [2.75, 3.05) is 7.11 Å². The van der Waals surface area contributed by atoms with E-state index in [1.807, 2.05) is 36.4 Å². The molecule has 1 aromatic heterocycles. The van der Waals surface area contributed by atoms with E-state index in [-0.39, 0.29) is 0 Å². The molecule has 19 heavy (non-hydrogen) atoms. The lowest BCUT2D eigenvalue weighted by atomic mass is 10.0. The third kappa shape index (κ3) is 1.99. The molecule has 0 saturated carbocycles. The maximum Gasteiger partial charge on any atom is 0.129 e. The number of methoxy groups -OCH3 is 1. The maximum atomic E-state index is 9.80. The first kappa shape index (κ1) is 11.5. The number of pyridine rings is 1. The highest BCUT2D eigenvalue weighted by Crippen LogP contribution is 2.33. The van der Waals surface area contributed by atoms with Crippen LogP contribution in [0.3, 0.4) is 0 Å². The minimum Gasteiger partial charge on any atom is -0.507 e. The summed E-state index contributed by atoms with van der Waals surface area (Å²) in [4.78, 5) is 4.14. The van der Waals surface area contributed by atoms with Gasteiger partial charge in [0, 0.05) is 23.3 Å². The molecular formula is C16H13NO2. The van der Waals surface area contributed by atoms with E-state index in [1.54, 1.807) is 25.6 Å². The SMILES string of the molecule is COc1ccncc1-c1ccc2c(O)cccc2c1. The lowest BCUT2D eigenvalue weighted by Crippen LogP contribution is -1.88. The van der Waals surface area contributed by atoms with Gasteiger partial charge in [0.15, 0.2) is 0 Å². The molecule has 0 atom stereocenters. The molecule has 94 valence electrons. The molecule has 0 radical (unpaired) electrons. The first-order valence-corrected chi connectivity index (χ1v) is 6.00. The number of fused-ring (bicyclic) bond motifs is 1. The van der Waals surface area contributed by atoms with Gasteiger partial charge in [-0.25, -0.2) is 0 Å². The fourth-order valence-electron chi connectivity index (χ4n) is 2.21. The molecule has 0 unspecified atom stereocenters. The third-order valence-corrected chi connectivity index (χ3v) is 3.17. The second-order valence-electron chi connectivity index (χ2n) is 4.29. The Bertz CT molecular complexity index is 738. The standard InChI is InChI=1S/C16H13NO2/c1-19-16-7-8-17-10-14(16)12-5-6-13-11(9-12)3-2-4-15(13)18/h2-10,18H,1H3. The number of ether oxygens (including phenoxy) is 1. The lowest BCUT2D eigenvalue weighted by molar-refractivity contribution is 0.416. The Balaban J connectivity index is 2.21. The molecule has 3 nitrogen and oxygen atoms in total. The summed E-state index contributed by atoms with van der Waals surface area (Å²) in [5.41, 5.74) is 1.96. The topological polar surface area (TPSA) is 42.4 Å². The summed E-state index contributed by atoms with van der Waals surface area (Å²) in [6, 6.07) is 13.2. The van der Waals surface area contributed by atoms with E-state index in [1.165, 1.54) is 0 Å². The lowest BCUT2D eigenvalue weighted by Gasteiger charge is -2.09. The molecule has 0 saturated heterocycles. The summed E-state index contributed by atoms with van der Waals surface area (Å²) in [5.74, 6) is 1.08. The van der Waals surface area contributed by atoms with E-state index in [0.717, 1.165) is 27.6 Å². The van der Waals surface area contributed by atoms with E-state index in [2.05, 4.69) is 4.98 Å². The maximum absolute atomic E-state index is 9.80. The molecule has 0 fully saturated rings. The van der Waals surface area contributed by atoms with Crippen molar-refractivity contribution in [3.05, 3.63) is 54.9 Å². The number of phenolic OH excluding ortho intramolecular Hbond substituents is 1. The second kappa shape index (κ2) is 4.61. The van der Waals surface area contributed by atoms with Gasteiger partial charge < -0.3 is 9.84 Å². The van der Waals surface area contributed by atoms with Crippen molar-refractivity contribution >= 4 is 10.8 Å². The predicted octanol–water partition coefficient (Wildman–Crippen LogP) is 3.62. The van der Waals surface area contributed by atoms with Gasteiger partial charge in [-0.3, -0.25) is 4.98 Å². The molecule has 3 rings (SSSR count). The van der Waals surface area contributed by atoms with Crippen LogP contribution >= 0.6 is 0 Å². The number of aromatic hydroxyl groups is 1. The van der Waals surface area contributed by atoms with Gasteiger partial charge in [0.2, 0.25) is 0 Å². The summed E-state index contributed by atoms with van der Waals surface area (Å²) in [6.45, 7) is 0. The van der Waals surface area contributed by atoms with Crippen LogP contribution < -0.4 is 4.74 Å². The highest BCUT2D eigenvalue weighted by atomic mass is 16.5. The van der Waals surface area contributed by atoms with Crippen molar-refractivity contribution in [2.24, 2.45) is 0 Å². The molecule has 3 aromatic rings. The van der Waals surface area contributed by atoms with Crippen molar-refractivity contribution in [2.45, 2.75) is 0 Å². The van der Waals surface area contributed by atoms with Gasteiger partial charge in [0.25, 0.3) is 0 Å². The van der Waals surface area contributed by atoms with Crippen molar-refractivity contribution in [1.29, 1.82) is 0 Å². The zero-order chi connectivity index (χ0) is 13.2. The zero-order valence-corrected chi connectivity index (χ0v) is 10.5. The summed E-state index contributed by atoms with van der Waals surface area (Å²) < 4.78 is 5.35. The number of benzene rings is 2. The summed E-state index contributed by atoms with van der Waals surface area (Å²) >= 11 is 0. The third-order valence-electron chi connectivity index (χ3n) is 3.17. The Hall–Kier alpha value is -2.55. The van der Waals surface area contributed by atoms with Crippen LogP contribution in [0.4, 0.5) is 0 Å². The first-order chi connectivity index (χ1) is 9.29. The zero-order valence-electron chi connectivity index (χ0n) is 10.5. The van der Waals surface area contributed by atoms with E-state index < -0.39 is 0 Å². The molecule has 0 spiro atoms. The van der Waals surface area contributed by atoms with Crippen molar-refractivity contribution < 1.29 is 9.84 Å². The molecular weight excluding hydrogens is 238 g/mol. The van der Waals surface area contributed by atoms with Gasteiger partial charge in [-0.2, -0.15) is 0 Å². The van der Waals surface area contributed by atoms with Gasteiger partial charge in [-0.15, -0.1) is 0 Å². The first-order valence-electron chi connectivity index (χ1n) is 6.00. The van der Waals surface area contributed by atoms with E-state index in [0.29, 0.717) is 5.75 Å². The fourth-order valence-corrected chi connectivity index (χ4v) is 2.21. The molecule has 0 aliphatic heterocycles. The molecule has 0 amide bonds. The van der Waals surface area contributed by atoms with Gasteiger partial charge in [0.1, 0.15) is 11.5 Å². The average molecular weight is 251 g/mol. The Morgan fingerprint density at radius 2 is 2.00 bits per heavy atom. The van der Waals surface area contributed by atoms with Crippen molar-refractivity contribution in [1.82, 2.24) is 4.98 Å². The predicted molar refractivity (Wildman–Crippen MR) is 75.4 cm³/mol. The van der Waals surface area contributed by atoms with Gasteiger partial charge in [0.05, 0.1) is 7.11 Å². The van der Waals surface area contributed by atoms with Gasteiger partial charge in [-0.05, 0) is 29.1 Å². The number of hydrogen-bond acceptors (Lipinski definition) is 3. The number of hydrogen-bond donors (Lipinski definition) is 1. The Morgan fingerprint density at radius 3 is 2.84 bits per heavy atom. The van der Waals surface area contributed by atoms with Crippen LogP contribution in [0, 0.1) is 0 Å². The molecule has 3 heteroatoms. The number of rotatable bonds is 2. The number of nitrogens with zero attached hydrogens (tertiary/aromatic N) is 1. The molecule has 0 bridgehead atoms. The minimum absolute atomic E-state index is 0.294. The molecule has 1 N–H and O–H groups in total. The average Bonchev–Trinajstić information content (AvgIpc) is 2.47. The summed E-state index contributed by atoms with van der Waals surface area (Å²) in [5, 5.41) is 11.6. The normalized spacial score (nSPS) is 10.6. The van der Waals surface area contributed by atoms with Crippen molar-refractivity contribution in [3.8, 4) is 22.6 Å². The Morgan fingerprint density at radius 1 is 1.11 bits per heavy atom. The van der Waals surface area contributed by atoms with Crippen LogP contribution in [0.15, 0.2) is 54.9 Å². The molecule has 0 aliphatic carbocycles. The monoisotopic (exact) mass is 251 g/mol. The van der Waals surface area contributed by atoms with Crippen molar-refractivity contribution in [3.63, 3.8) is 0 Å². The van der Waals surface area contributed by atoms with E-state index in [4.69, 9.17) is 4.74 Å². The number of aromatic nitrogens is 1. The van der Waals surface area contributed by atoms with Gasteiger partial charge in [-0.1, -0.05) is 24.3 Å². The van der Waals surface area contributed by atoms with E-state index in [9.17, 15) is 5.11 Å². The van der Waals surface area contributed by atoms with Crippen LogP contribution in [0.1, 0.15) is 0 Å². The quantitative estimate of drug-likeness (QED) is 0.756. The van der Waals surface area contributed by atoms with Crippen LogP contribution in [0.25, 0.3) is 21.9 Å². The van der Waals surface area contributed by atoms with E-state index >= 15 is 0 Å². The second-order valence-corrected chi connectivity index (χ2v) is 4.29. The van der Waals surface area contributed by atoms with Crippen LogP contribution in [0.2, 0.25) is 0 Å². The largest absolute Gasteiger partial charge is 0.507 e. The molecule has 2 aromatic carbocycles. The molecule has 0 aliphatic rings. The molecule has 1 heterocycles. The summed E-state index contributed by atoms with van der Waals surface area (Å²) in [7, 11) is 1.64. The highest BCUT2D eigenvalue weighted by Gasteiger charge is 2.07. The fraction of sp³-hybridized carbons (Fsp3) is 0.0625. The Kier molecular flexibility index (Phi) is 2.80. The smallest absolute Gasteiger partial charge is 0.129 e. The van der Waals surface area contributed by atoms with Crippen LogP contribution in [0.5, 0.6) is 11.5 Å². The minimum atomic E-state index is 0.294. The summed E-state index contributed by atoms with van der Waals surface area (Å²) in [6.07, 6.45) is 3.48.